The van der Waals surface area contributed by atoms with Crippen molar-refractivity contribution in [2.45, 2.75) is 19.9 Å². The van der Waals surface area contributed by atoms with Gasteiger partial charge in [-0.25, -0.2) is 4.98 Å². The summed E-state index contributed by atoms with van der Waals surface area (Å²) in [6.07, 6.45) is 0. The number of Topliss-reactive ketones (excluding diaryl/α,β-unsaturated/α-hetero) is 1. The van der Waals surface area contributed by atoms with Crippen molar-refractivity contribution in [2.24, 2.45) is 0 Å². The van der Waals surface area contributed by atoms with Gasteiger partial charge in [0.05, 0.1) is 41.4 Å². The Kier molecular flexibility index (Phi) is 6.66. The van der Waals surface area contributed by atoms with Gasteiger partial charge in [0.2, 0.25) is 5.78 Å². The van der Waals surface area contributed by atoms with Gasteiger partial charge in [-0.1, -0.05) is 12.1 Å². The first kappa shape index (κ1) is 22.8. The van der Waals surface area contributed by atoms with Gasteiger partial charge in [-0.15, -0.1) is 11.3 Å². The fraction of sp³-hybridized carbons (Fsp3) is 0.409. The van der Waals surface area contributed by atoms with Crippen LogP contribution < -0.4 is 9.47 Å². The number of aliphatic hydroxyl groups excluding tert-OH is 1. The number of hydrogen-bond acceptors (Lipinski definition) is 8. The monoisotopic (exact) mass is 445 g/mol. The van der Waals surface area contributed by atoms with Crippen molar-refractivity contribution >= 4 is 23.0 Å². The van der Waals surface area contributed by atoms with E-state index >= 15 is 0 Å². The number of carbonyl (C=O) groups is 2. The summed E-state index contributed by atoms with van der Waals surface area (Å²) >= 11 is 1.25. The number of likely N-dealkylation sites (N-methyl/N-ethyl adjacent to an activating group) is 1. The number of methoxy groups -OCH3 is 2. The van der Waals surface area contributed by atoms with Gasteiger partial charge in [0.1, 0.15) is 0 Å². The summed E-state index contributed by atoms with van der Waals surface area (Å²) in [4.78, 5) is 34.8. The number of para-hydroxylation sites is 1. The molecule has 1 aliphatic rings. The largest absolute Gasteiger partial charge is 0.503 e. The van der Waals surface area contributed by atoms with Crippen LogP contribution in [0.4, 0.5) is 0 Å². The van der Waals surface area contributed by atoms with E-state index in [0.29, 0.717) is 40.7 Å². The van der Waals surface area contributed by atoms with E-state index in [1.165, 1.54) is 30.5 Å². The Morgan fingerprint density at radius 2 is 1.97 bits per heavy atom. The van der Waals surface area contributed by atoms with E-state index in [-0.39, 0.29) is 5.57 Å². The highest BCUT2D eigenvalue weighted by atomic mass is 32.1. The Morgan fingerprint density at radius 1 is 1.26 bits per heavy atom. The maximum Gasteiger partial charge on any atom is 0.290 e. The van der Waals surface area contributed by atoms with Crippen molar-refractivity contribution in [2.75, 3.05) is 41.4 Å². The number of aliphatic hydroxyl groups is 1. The molecular formula is C22H27N3O5S. The predicted octanol–water partition coefficient (Wildman–Crippen LogP) is 2.92. The minimum absolute atomic E-state index is 0.0297. The van der Waals surface area contributed by atoms with Crippen molar-refractivity contribution in [3.05, 3.63) is 50.7 Å². The third kappa shape index (κ3) is 4.15. The van der Waals surface area contributed by atoms with E-state index in [0.717, 1.165) is 5.01 Å². The molecule has 0 unspecified atom stereocenters. The molecular weight excluding hydrogens is 418 g/mol. The summed E-state index contributed by atoms with van der Waals surface area (Å²) in [5, 5.41) is 11.6. The number of ether oxygens (including phenoxy) is 2. The van der Waals surface area contributed by atoms with Gasteiger partial charge < -0.3 is 24.4 Å². The normalized spacial score (nSPS) is 16.4. The molecule has 31 heavy (non-hydrogen) atoms. The number of amides is 1. The van der Waals surface area contributed by atoms with Crippen LogP contribution in [0.25, 0.3) is 0 Å². The highest BCUT2D eigenvalue weighted by Gasteiger charge is 2.45. The second-order valence-corrected chi connectivity index (χ2v) is 8.73. The zero-order valence-corrected chi connectivity index (χ0v) is 19.4. The van der Waals surface area contributed by atoms with Crippen molar-refractivity contribution in [1.82, 2.24) is 14.8 Å². The molecule has 166 valence electrons. The molecule has 2 aromatic rings. The van der Waals surface area contributed by atoms with Gasteiger partial charge in [0, 0.05) is 18.7 Å². The first-order valence-electron chi connectivity index (χ1n) is 9.79. The van der Waals surface area contributed by atoms with Crippen LogP contribution in [0.15, 0.2) is 29.5 Å². The van der Waals surface area contributed by atoms with Gasteiger partial charge in [-0.2, -0.15) is 0 Å². The van der Waals surface area contributed by atoms with E-state index in [1.807, 2.05) is 25.9 Å². The van der Waals surface area contributed by atoms with E-state index in [2.05, 4.69) is 4.98 Å². The molecule has 9 heteroatoms. The summed E-state index contributed by atoms with van der Waals surface area (Å²) in [5.74, 6) is -0.642. The number of rotatable bonds is 8. The van der Waals surface area contributed by atoms with Crippen LogP contribution in [0, 0.1) is 13.8 Å². The molecule has 1 N–H and O–H groups in total. The zero-order chi connectivity index (χ0) is 22.9. The molecule has 0 saturated carbocycles. The topological polar surface area (TPSA) is 92.2 Å². The molecule has 1 atom stereocenters. The van der Waals surface area contributed by atoms with Crippen molar-refractivity contribution in [1.29, 1.82) is 0 Å². The highest BCUT2D eigenvalue weighted by Crippen LogP contribution is 2.45. The number of thiazole rings is 1. The molecule has 2 heterocycles. The molecule has 0 fully saturated rings. The molecule has 0 bridgehead atoms. The van der Waals surface area contributed by atoms with Gasteiger partial charge in [0.15, 0.2) is 17.3 Å². The number of nitrogens with zero attached hydrogens (tertiary/aromatic N) is 3. The van der Waals surface area contributed by atoms with E-state index < -0.39 is 23.5 Å². The number of ketones is 1. The minimum Gasteiger partial charge on any atom is -0.503 e. The van der Waals surface area contributed by atoms with E-state index in [9.17, 15) is 14.7 Å². The van der Waals surface area contributed by atoms with Gasteiger partial charge >= 0.3 is 0 Å². The SMILES string of the molecule is COc1cccc([C@@H]2C(C(=O)c3sc(C)nc3C)=C(O)C(=O)N2CCN(C)C)c1OC. The Hall–Kier alpha value is -2.91. The van der Waals surface area contributed by atoms with Gasteiger partial charge in [0.25, 0.3) is 5.91 Å². The Morgan fingerprint density at radius 3 is 2.52 bits per heavy atom. The van der Waals surface area contributed by atoms with Crippen LogP contribution in [-0.4, -0.2) is 73.0 Å². The van der Waals surface area contributed by atoms with Crippen molar-refractivity contribution < 1.29 is 24.2 Å². The molecule has 0 spiro atoms. The Balaban J connectivity index is 2.19. The number of aromatic nitrogens is 1. The number of aryl methyl sites for hydroxylation is 2. The van der Waals surface area contributed by atoms with Crippen LogP contribution in [0.3, 0.4) is 0 Å². The second kappa shape index (κ2) is 9.07. The van der Waals surface area contributed by atoms with E-state index in [1.54, 1.807) is 25.1 Å². The van der Waals surface area contributed by atoms with Gasteiger partial charge in [-0.05, 0) is 34.0 Å². The number of benzene rings is 1. The first-order valence-corrected chi connectivity index (χ1v) is 10.6. The number of hydrogen-bond donors (Lipinski definition) is 1. The molecule has 1 aromatic carbocycles. The highest BCUT2D eigenvalue weighted by molar-refractivity contribution is 7.14. The number of carbonyl (C=O) groups excluding carboxylic acids is 2. The molecule has 1 aliphatic heterocycles. The fourth-order valence-corrected chi connectivity index (χ4v) is 4.61. The van der Waals surface area contributed by atoms with Crippen molar-refractivity contribution in [3.8, 4) is 11.5 Å². The first-order chi connectivity index (χ1) is 14.7. The molecule has 8 nitrogen and oxygen atoms in total. The lowest BCUT2D eigenvalue weighted by Crippen LogP contribution is -2.36. The standard InChI is InChI=1S/C22H27N3O5S/c1-12-21(31-13(2)23-12)18(26)16-17(14-8-7-9-15(29-5)20(14)30-6)25(11-10-24(3)4)22(28)19(16)27/h7-9,17,27H,10-11H2,1-6H3/t17-/m1/s1. The Labute approximate surface area is 185 Å². The third-order valence-corrected chi connectivity index (χ3v) is 6.25. The van der Waals surface area contributed by atoms with Crippen LogP contribution in [0.1, 0.15) is 32.0 Å². The quantitative estimate of drug-likeness (QED) is 0.625. The molecule has 0 saturated heterocycles. The zero-order valence-electron chi connectivity index (χ0n) is 18.6. The van der Waals surface area contributed by atoms with Crippen LogP contribution in [0.2, 0.25) is 0 Å². The molecule has 1 amide bonds. The maximum absolute atomic E-state index is 13.5. The predicted molar refractivity (Wildman–Crippen MR) is 118 cm³/mol. The lowest BCUT2D eigenvalue weighted by molar-refractivity contribution is -0.129. The van der Waals surface area contributed by atoms with Crippen LogP contribution in [-0.2, 0) is 4.79 Å². The molecule has 3 rings (SSSR count). The molecule has 1 aromatic heterocycles. The summed E-state index contributed by atoms with van der Waals surface area (Å²) in [6.45, 7) is 4.44. The van der Waals surface area contributed by atoms with Crippen molar-refractivity contribution in [3.63, 3.8) is 0 Å². The van der Waals surface area contributed by atoms with Crippen LogP contribution >= 0.6 is 11.3 Å². The second-order valence-electron chi connectivity index (χ2n) is 7.53. The smallest absolute Gasteiger partial charge is 0.290 e. The lowest BCUT2D eigenvalue weighted by Gasteiger charge is -2.29. The summed E-state index contributed by atoms with van der Waals surface area (Å²) in [5.41, 5.74) is 1.17. The molecule has 0 aliphatic carbocycles. The maximum atomic E-state index is 13.5. The van der Waals surface area contributed by atoms with E-state index in [4.69, 9.17) is 9.47 Å². The Bertz CT molecular complexity index is 1040. The summed E-state index contributed by atoms with van der Waals surface area (Å²) < 4.78 is 11.0. The minimum atomic E-state index is -0.813. The summed E-state index contributed by atoms with van der Waals surface area (Å²) in [6, 6.07) is 4.47. The summed E-state index contributed by atoms with van der Waals surface area (Å²) in [7, 11) is 6.81. The lowest BCUT2D eigenvalue weighted by atomic mass is 9.94. The average Bonchev–Trinajstić information content (AvgIpc) is 3.20. The molecule has 0 radical (unpaired) electrons. The average molecular weight is 446 g/mol. The van der Waals surface area contributed by atoms with Gasteiger partial charge in [-0.3, -0.25) is 9.59 Å². The van der Waals surface area contributed by atoms with Crippen LogP contribution in [0.5, 0.6) is 11.5 Å². The fourth-order valence-electron chi connectivity index (χ4n) is 3.74. The third-order valence-electron chi connectivity index (χ3n) is 5.17.